The first-order valence-electron chi connectivity index (χ1n) is 4.57. The van der Waals surface area contributed by atoms with E-state index in [9.17, 15) is 4.79 Å². The third-order valence-corrected chi connectivity index (χ3v) is 2.22. The summed E-state index contributed by atoms with van der Waals surface area (Å²) in [6, 6.07) is 0. The molecule has 1 amide bonds. The first kappa shape index (κ1) is 10.9. The Labute approximate surface area is 87.3 Å². The minimum atomic E-state index is -0.403. The molecule has 0 unspecified atom stereocenters. The Hall–Kier alpha value is -1.17. The van der Waals surface area contributed by atoms with Crippen molar-refractivity contribution in [2.45, 2.75) is 32.7 Å². The number of rotatable bonds is 5. The summed E-state index contributed by atoms with van der Waals surface area (Å²) in [5.74, 6) is 0.399. The Balaban J connectivity index is 2.83. The molecule has 78 valence electrons. The molecule has 0 atom stereocenters. The van der Waals surface area contributed by atoms with Gasteiger partial charge in [0.1, 0.15) is 12.4 Å². The summed E-state index contributed by atoms with van der Waals surface area (Å²) in [5, 5.41) is 6.70. The third-order valence-electron chi connectivity index (χ3n) is 1.91. The Morgan fingerprint density at radius 2 is 2.43 bits per heavy atom. The molecule has 6 heteroatoms. The lowest BCUT2D eigenvalue weighted by molar-refractivity contribution is -0.118. The van der Waals surface area contributed by atoms with Crippen molar-refractivity contribution < 1.29 is 4.79 Å². The van der Waals surface area contributed by atoms with Crippen LogP contribution >= 0.6 is 12.2 Å². The second-order valence-electron chi connectivity index (χ2n) is 3.10. The van der Waals surface area contributed by atoms with E-state index >= 15 is 0 Å². The molecule has 3 N–H and O–H groups in total. The number of primary amides is 1. The van der Waals surface area contributed by atoms with Gasteiger partial charge in [0.25, 0.3) is 0 Å². The number of carbonyl (C=O) groups excluding carboxylic acids is 1. The van der Waals surface area contributed by atoms with Gasteiger partial charge in [-0.25, -0.2) is 0 Å². The summed E-state index contributed by atoms with van der Waals surface area (Å²) in [5.41, 5.74) is 5.10. The fraction of sp³-hybridized carbons (Fsp3) is 0.625. The summed E-state index contributed by atoms with van der Waals surface area (Å²) in [7, 11) is 0. The van der Waals surface area contributed by atoms with Gasteiger partial charge in [-0.15, -0.1) is 0 Å². The number of nitrogens with one attached hydrogen (secondary N) is 1. The zero-order valence-corrected chi connectivity index (χ0v) is 8.93. The molecule has 1 heterocycles. The van der Waals surface area contributed by atoms with Crippen molar-refractivity contribution >= 4 is 18.1 Å². The van der Waals surface area contributed by atoms with Gasteiger partial charge in [-0.2, -0.15) is 5.10 Å². The molecule has 1 aromatic rings. The van der Waals surface area contributed by atoms with E-state index < -0.39 is 5.91 Å². The van der Waals surface area contributed by atoms with Crippen molar-refractivity contribution in [3.63, 3.8) is 0 Å². The van der Waals surface area contributed by atoms with Crippen LogP contribution in [-0.4, -0.2) is 20.7 Å². The summed E-state index contributed by atoms with van der Waals surface area (Å²) in [6.07, 6.45) is 2.92. The number of nitrogens with two attached hydrogens (primary N) is 1. The topological polar surface area (TPSA) is 76.7 Å². The van der Waals surface area contributed by atoms with Crippen molar-refractivity contribution in [3.8, 4) is 0 Å². The van der Waals surface area contributed by atoms with Gasteiger partial charge in [0.15, 0.2) is 4.77 Å². The Bertz CT molecular complexity index is 368. The fourth-order valence-corrected chi connectivity index (χ4v) is 1.41. The lowest BCUT2D eigenvalue weighted by atomic mass is 10.2. The zero-order chi connectivity index (χ0) is 10.6. The van der Waals surface area contributed by atoms with Crippen molar-refractivity contribution in [1.29, 1.82) is 0 Å². The summed E-state index contributed by atoms with van der Waals surface area (Å²) in [6.45, 7) is 2.20. The van der Waals surface area contributed by atoms with Crippen LogP contribution in [0.4, 0.5) is 0 Å². The normalized spacial score (nSPS) is 10.4. The van der Waals surface area contributed by atoms with Crippen LogP contribution in [0.5, 0.6) is 0 Å². The van der Waals surface area contributed by atoms with E-state index in [1.807, 2.05) is 0 Å². The van der Waals surface area contributed by atoms with Crippen LogP contribution in [0, 0.1) is 4.77 Å². The van der Waals surface area contributed by atoms with Crippen LogP contribution in [0.15, 0.2) is 0 Å². The predicted molar refractivity (Wildman–Crippen MR) is 55.2 cm³/mol. The third kappa shape index (κ3) is 2.66. The van der Waals surface area contributed by atoms with Crippen molar-refractivity contribution in [2.75, 3.05) is 0 Å². The second kappa shape index (κ2) is 4.90. The smallest absolute Gasteiger partial charge is 0.237 e. The highest BCUT2D eigenvalue weighted by Gasteiger charge is 2.07. The average Bonchev–Trinajstić information content (AvgIpc) is 2.45. The molecule has 0 radical (unpaired) electrons. The molecule has 0 saturated carbocycles. The molecule has 0 aliphatic rings. The zero-order valence-electron chi connectivity index (χ0n) is 8.12. The first-order chi connectivity index (χ1) is 6.65. The summed E-state index contributed by atoms with van der Waals surface area (Å²) in [4.78, 5) is 10.8. The van der Waals surface area contributed by atoms with E-state index in [-0.39, 0.29) is 6.54 Å². The Morgan fingerprint density at radius 1 is 1.71 bits per heavy atom. The molecule has 0 bridgehead atoms. The van der Waals surface area contributed by atoms with Gasteiger partial charge in [0.2, 0.25) is 5.91 Å². The molecule has 0 aliphatic carbocycles. The van der Waals surface area contributed by atoms with Crippen LogP contribution in [0.25, 0.3) is 0 Å². The average molecular weight is 214 g/mol. The van der Waals surface area contributed by atoms with Crippen LogP contribution in [-0.2, 0) is 17.8 Å². The van der Waals surface area contributed by atoms with Gasteiger partial charge in [-0.3, -0.25) is 14.5 Å². The molecule has 0 spiro atoms. The SMILES string of the molecule is CCCCc1n[nH]c(=S)n1CC(N)=O. The number of nitrogens with zero attached hydrogens (tertiary/aromatic N) is 2. The maximum absolute atomic E-state index is 10.8. The monoisotopic (exact) mass is 214 g/mol. The fourth-order valence-electron chi connectivity index (χ4n) is 1.19. The van der Waals surface area contributed by atoms with E-state index in [2.05, 4.69) is 17.1 Å². The van der Waals surface area contributed by atoms with E-state index in [0.717, 1.165) is 25.1 Å². The predicted octanol–water partition coefficient (Wildman–Crippen LogP) is 0.769. The van der Waals surface area contributed by atoms with E-state index in [4.69, 9.17) is 18.0 Å². The number of aromatic nitrogens is 3. The van der Waals surface area contributed by atoms with E-state index in [1.165, 1.54) is 0 Å². The maximum Gasteiger partial charge on any atom is 0.237 e. The van der Waals surface area contributed by atoms with Crippen molar-refractivity contribution in [2.24, 2.45) is 5.73 Å². The minimum Gasteiger partial charge on any atom is -0.368 e. The molecule has 1 rings (SSSR count). The molecular weight excluding hydrogens is 200 g/mol. The quantitative estimate of drug-likeness (QED) is 0.711. The molecule has 0 fully saturated rings. The molecule has 0 saturated heterocycles. The van der Waals surface area contributed by atoms with E-state index in [0.29, 0.717) is 4.77 Å². The number of carbonyl (C=O) groups is 1. The minimum absolute atomic E-state index is 0.106. The molecule has 0 aliphatic heterocycles. The largest absolute Gasteiger partial charge is 0.368 e. The molecule has 14 heavy (non-hydrogen) atoms. The molecule has 0 aromatic carbocycles. The van der Waals surface area contributed by atoms with Crippen LogP contribution < -0.4 is 5.73 Å². The number of aromatic amines is 1. The number of amides is 1. The van der Waals surface area contributed by atoms with Gasteiger partial charge in [-0.05, 0) is 18.6 Å². The molecule has 1 aromatic heterocycles. The van der Waals surface area contributed by atoms with Gasteiger partial charge in [0, 0.05) is 6.42 Å². The summed E-state index contributed by atoms with van der Waals surface area (Å²) < 4.78 is 2.10. The lowest BCUT2D eigenvalue weighted by Gasteiger charge is -2.02. The number of hydrogen-bond acceptors (Lipinski definition) is 3. The van der Waals surface area contributed by atoms with Crippen LogP contribution in [0.2, 0.25) is 0 Å². The Morgan fingerprint density at radius 3 is 3.00 bits per heavy atom. The van der Waals surface area contributed by atoms with Crippen LogP contribution in [0.1, 0.15) is 25.6 Å². The second-order valence-corrected chi connectivity index (χ2v) is 3.49. The number of unbranched alkanes of at least 4 members (excludes halogenated alkanes) is 1. The van der Waals surface area contributed by atoms with Crippen molar-refractivity contribution in [1.82, 2.24) is 14.8 Å². The molecule has 5 nitrogen and oxygen atoms in total. The van der Waals surface area contributed by atoms with Gasteiger partial charge >= 0.3 is 0 Å². The van der Waals surface area contributed by atoms with Gasteiger partial charge in [-0.1, -0.05) is 13.3 Å². The highest BCUT2D eigenvalue weighted by atomic mass is 32.1. The van der Waals surface area contributed by atoms with Crippen molar-refractivity contribution in [3.05, 3.63) is 10.6 Å². The number of hydrogen-bond donors (Lipinski definition) is 2. The highest BCUT2D eigenvalue weighted by molar-refractivity contribution is 7.71. The molecular formula is C8H14N4OS. The van der Waals surface area contributed by atoms with Crippen LogP contribution in [0.3, 0.4) is 0 Å². The highest BCUT2D eigenvalue weighted by Crippen LogP contribution is 2.02. The maximum atomic E-state index is 10.8. The van der Waals surface area contributed by atoms with E-state index in [1.54, 1.807) is 4.57 Å². The number of aryl methyl sites for hydroxylation is 1. The summed E-state index contributed by atoms with van der Waals surface area (Å²) >= 11 is 4.98. The Kier molecular flexibility index (Phi) is 3.82. The van der Waals surface area contributed by atoms with Gasteiger partial charge < -0.3 is 5.73 Å². The van der Waals surface area contributed by atoms with Gasteiger partial charge in [0.05, 0.1) is 0 Å². The standard InChI is InChI=1S/C8H14N4OS/c1-2-3-4-7-10-11-8(14)12(7)5-6(9)13/h2-5H2,1H3,(H2,9,13)(H,11,14). The lowest BCUT2D eigenvalue weighted by Crippen LogP contribution is -2.20. The number of H-pyrrole nitrogens is 1. The first-order valence-corrected chi connectivity index (χ1v) is 4.98.